The molecule has 0 aliphatic carbocycles. The largest absolute Gasteiger partial charge is 0.487 e. The molecule has 4 heterocycles. The molecule has 2 unspecified atom stereocenters. The zero-order chi connectivity index (χ0) is 31.7. The van der Waals surface area contributed by atoms with Crippen LogP contribution in [0.25, 0.3) is 32.1 Å². The van der Waals surface area contributed by atoms with Gasteiger partial charge in [-0.15, -0.1) is 11.3 Å². The minimum Gasteiger partial charge on any atom is -0.487 e. The molecule has 0 spiro atoms. The summed E-state index contributed by atoms with van der Waals surface area (Å²) in [5, 5.41) is 9.05. The number of rotatable bonds is 4. The summed E-state index contributed by atoms with van der Waals surface area (Å²) in [5.74, 6) is -2.84. The van der Waals surface area contributed by atoms with Gasteiger partial charge in [0, 0.05) is 22.7 Å². The second kappa shape index (κ2) is 10.3. The quantitative estimate of drug-likeness (QED) is 0.211. The first-order valence-corrected chi connectivity index (χ1v) is 13.9. The molecule has 4 N–H and O–H groups in total. The van der Waals surface area contributed by atoms with Gasteiger partial charge in [-0.25, -0.2) is 13.8 Å². The van der Waals surface area contributed by atoms with E-state index >= 15 is 17.6 Å². The topological polar surface area (TPSA) is 136 Å². The first kappa shape index (κ1) is 29.1. The van der Waals surface area contributed by atoms with E-state index in [-0.39, 0.29) is 50.2 Å². The molecule has 44 heavy (non-hydrogen) atoms. The molecule has 0 radical (unpaired) electrons. The minimum absolute atomic E-state index is 0.00807. The lowest BCUT2D eigenvalue weighted by Gasteiger charge is -2.31. The first-order valence-electron chi connectivity index (χ1n) is 13.1. The van der Waals surface area contributed by atoms with Gasteiger partial charge >= 0.3 is 12.2 Å². The van der Waals surface area contributed by atoms with E-state index in [1.165, 1.54) is 13.3 Å². The van der Waals surface area contributed by atoms with Gasteiger partial charge in [-0.2, -0.15) is 28.4 Å². The third-order valence-corrected chi connectivity index (χ3v) is 8.53. The Morgan fingerprint density at radius 3 is 2.59 bits per heavy atom. The van der Waals surface area contributed by atoms with Crippen LogP contribution in [0.2, 0.25) is 0 Å². The Bertz CT molecular complexity index is 2020. The monoisotopic (exact) mass is 627 g/mol. The summed E-state index contributed by atoms with van der Waals surface area (Å²) in [5.41, 5.74) is 8.95. The van der Waals surface area contributed by atoms with E-state index in [0.29, 0.717) is 16.9 Å². The van der Waals surface area contributed by atoms with Crippen molar-refractivity contribution in [3.8, 4) is 29.0 Å². The van der Waals surface area contributed by atoms with Crippen molar-refractivity contribution in [3.05, 3.63) is 58.8 Å². The van der Waals surface area contributed by atoms with Crippen LogP contribution in [0.4, 0.5) is 38.6 Å². The Morgan fingerprint density at radius 2 is 1.93 bits per heavy atom. The highest BCUT2D eigenvalue weighted by Crippen LogP contribution is 2.54. The number of thiophene rings is 1. The molecular formula is C29H22F5N7O2S. The Kier molecular flexibility index (Phi) is 6.84. The van der Waals surface area contributed by atoms with Gasteiger partial charge in [0.15, 0.2) is 5.82 Å². The van der Waals surface area contributed by atoms with Gasteiger partial charge in [-0.05, 0) is 31.5 Å². The molecule has 0 saturated heterocycles. The van der Waals surface area contributed by atoms with Crippen LogP contribution in [0.5, 0.6) is 11.8 Å². The van der Waals surface area contributed by atoms with Gasteiger partial charge in [-0.3, -0.25) is 0 Å². The van der Waals surface area contributed by atoms with Crippen molar-refractivity contribution in [2.24, 2.45) is 0 Å². The lowest BCUT2D eigenvalue weighted by Crippen LogP contribution is -2.35. The van der Waals surface area contributed by atoms with E-state index in [1.54, 1.807) is 30.9 Å². The normalized spacial score (nSPS) is 15.6. The second-order valence-corrected chi connectivity index (χ2v) is 11.2. The number of fused-ring (bicyclic) bond motifs is 1. The van der Waals surface area contributed by atoms with Gasteiger partial charge in [0.25, 0.3) is 0 Å². The predicted octanol–water partition coefficient (Wildman–Crippen LogP) is 6.60. The molecule has 0 bridgehead atoms. The van der Waals surface area contributed by atoms with E-state index in [0.717, 1.165) is 12.1 Å². The first-order chi connectivity index (χ1) is 20.9. The molecule has 2 aromatic carbocycles. The number of aromatic nitrogens is 3. The molecule has 5 aromatic rings. The van der Waals surface area contributed by atoms with Crippen LogP contribution in [0.1, 0.15) is 36.6 Å². The average Bonchev–Trinajstić information content (AvgIpc) is 3.25. The molecule has 6 rings (SSSR count). The molecule has 226 valence electrons. The lowest BCUT2D eigenvalue weighted by molar-refractivity contribution is -0.138. The van der Waals surface area contributed by atoms with Gasteiger partial charge in [0.1, 0.15) is 51.5 Å². The molecule has 3 aromatic heterocycles. The molecule has 0 fully saturated rings. The maximum atomic E-state index is 16.8. The third kappa shape index (κ3) is 4.36. The number of nitrogens with zero attached hydrogens (tertiary/aromatic N) is 5. The fourth-order valence-electron chi connectivity index (χ4n) is 5.61. The summed E-state index contributed by atoms with van der Waals surface area (Å²) in [6.45, 7) is 3.32. The summed E-state index contributed by atoms with van der Waals surface area (Å²) >= 11 is 0.675. The minimum atomic E-state index is -5.19. The number of benzene rings is 2. The molecule has 0 amide bonds. The number of nitrogens with two attached hydrogens (primary N) is 2. The summed E-state index contributed by atoms with van der Waals surface area (Å²) in [6.07, 6.45) is -4.59. The van der Waals surface area contributed by atoms with Crippen molar-refractivity contribution in [1.82, 2.24) is 15.0 Å². The molecule has 9 nitrogen and oxygen atoms in total. The number of hydrogen-bond donors (Lipinski definition) is 2. The van der Waals surface area contributed by atoms with Crippen LogP contribution in [0.15, 0.2) is 30.5 Å². The number of ether oxygens (including phenoxy) is 2. The van der Waals surface area contributed by atoms with E-state index in [2.05, 4.69) is 15.0 Å². The van der Waals surface area contributed by atoms with Crippen LogP contribution >= 0.6 is 11.3 Å². The van der Waals surface area contributed by atoms with Crippen molar-refractivity contribution in [3.63, 3.8) is 0 Å². The smallest absolute Gasteiger partial charge is 0.420 e. The number of hydrogen-bond acceptors (Lipinski definition) is 10. The summed E-state index contributed by atoms with van der Waals surface area (Å²) in [6, 6.07) is 6.13. The van der Waals surface area contributed by atoms with Crippen molar-refractivity contribution in [1.29, 1.82) is 5.26 Å². The highest BCUT2D eigenvalue weighted by Gasteiger charge is 2.45. The van der Waals surface area contributed by atoms with E-state index < -0.39 is 57.9 Å². The maximum Gasteiger partial charge on any atom is 0.420 e. The number of alkyl halides is 3. The highest BCUT2D eigenvalue weighted by molar-refractivity contribution is 7.23. The van der Waals surface area contributed by atoms with Crippen LogP contribution in [0.3, 0.4) is 0 Å². The van der Waals surface area contributed by atoms with Gasteiger partial charge in [0.05, 0.1) is 35.3 Å². The number of methoxy groups -OCH3 is 1. The number of nitrogen functional groups attached to an aromatic ring is 2. The van der Waals surface area contributed by atoms with Crippen molar-refractivity contribution >= 4 is 49.0 Å². The summed E-state index contributed by atoms with van der Waals surface area (Å²) in [4.78, 5) is 14.2. The third-order valence-electron chi connectivity index (χ3n) is 7.50. The zero-order valence-electron chi connectivity index (χ0n) is 23.3. The zero-order valence-corrected chi connectivity index (χ0v) is 24.1. The van der Waals surface area contributed by atoms with Crippen LogP contribution in [-0.4, -0.2) is 34.7 Å². The molecule has 1 aliphatic heterocycles. The fourth-order valence-corrected chi connectivity index (χ4v) is 6.56. The number of anilines is 3. The van der Waals surface area contributed by atoms with Crippen molar-refractivity contribution < 1.29 is 31.4 Å². The molecule has 0 saturated carbocycles. The Balaban J connectivity index is 1.78. The molecule has 2 atom stereocenters. The number of pyridine rings is 1. The predicted molar refractivity (Wildman–Crippen MR) is 155 cm³/mol. The summed E-state index contributed by atoms with van der Waals surface area (Å²) in [7, 11) is 1.23. The summed E-state index contributed by atoms with van der Waals surface area (Å²) < 4.78 is 88.3. The van der Waals surface area contributed by atoms with Crippen molar-refractivity contribution in [2.75, 3.05) is 30.0 Å². The molecule has 15 heteroatoms. The van der Waals surface area contributed by atoms with E-state index in [4.69, 9.17) is 20.9 Å². The lowest BCUT2D eigenvalue weighted by atomic mass is 9.91. The SMILES string of the molecule is COc1nc2c3c(c(C(F)(F)F)c(-c4ccc(F)c5sc(N)c(C#N)c45)c(F)c3n1)OC(C)CN2C(C)c1cccnc1N. The second-order valence-electron chi connectivity index (χ2n) is 10.1. The highest BCUT2D eigenvalue weighted by atomic mass is 32.1. The van der Waals surface area contributed by atoms with Gasteiger partial charge < -0.3 is 25.8 Å². The van der Waals surface area contributed by atoms with Crippen molar-refractivity contribution in [2.45, 2.75) is 32.2 Å². The van der Waals surface area contributed by atoms with Gasteiger partial charge in [-0.1, -0.05) is 12.1 Å². The van der Waals surface area contributed by atoms with E-state index in [9.17, 15) is 9.65 Å². The molecular weight excluding hydrogens is 605 g/mol. The molecule has 1 aliphatic rings. The van der Waals surface area contributed by atoms with E-state index in [1.807, 2.05) is 6.07 Å². The Labute approximate surface area is 250 Å². The Hall–Kier alpha value is -4.97. The Morgan fingerprint density at radius 1 is 1.18 bits per heavy atom. The maximum absolute atomic E-state index is 16.8. The fraction of sp³-hybridized carbons (Fsp3) is 0.241. The number of halogens is 5. The van der Waals surface area contributed by atoms with Crippen LogP contribution in [-0.2, 0) is 6.18 Å². The number of nitriles is 1. The standard InChI is InChI=1S/C29H22F5N7O2S/c1-11-10-41(12(2)13-5-4-8-38-25(13)36)27-19-22(39-28(40-27)42-3)21(31)18(20(23(19)43-11)29(32,33)34)14-6-7-16(30)24-17(14)15(9-35)26(37)44-24/h4-8,11-12H,10,37H2,1-3H3,(H2,36,38). The average molecular weight is 628 g/mol. The van der Waals surface area contributed by atoms with Crippen LogP contribution in [0, 0.1) is 23.0 Å². The van der Waals surface area contributed by atoms with Crippen LogP contribution < -0.4 is 25.8 Å². The van der Waals surface area contributed by atoms with Gasteiger partial charge in [0.2, 0.25) is 0 Å².